The number of amides is 1. The van der Waals surface area contributed by atoms with Gasteiger partial charge >= 0.3 is 0 Å². The first-order valence-electron chi connectivity index (χ1n) is 10.2. The minimum Gasteiger partial charge on any atom is -0.488 e. The first kappa shape index (κ1) is 22.1. The molecule has 0 saturated heterocycles. The Balaban J connectivity index is 1.38. The molecule has 1 amide bonds. The fraction of sp³-hybridized carbons (Fsp3) is 0.200. The number of carbonyl (C=O) groups is 1. The van der Waals surface area contributed by atoms with Crippen LogP contribution in [0.3, 0.4) is 0 Å². The number of hydrogen-bond acceptors (Lipinski definition) is 4. The molecule has 0 atom stereocenters. The van der Waals surface area contributed by atoms with E-state index in [0.29, 0.717) is 23.1 Å². The zero-order valence-corrected chi connectivity index (χ0v) is 19.8. The summed E-state index contributed by atoms with van der Waals surface area (Å²) in [5.41, 5.74) is 6.19. The predicted molar refractivity (Wildman–Crippen MR) is 130 cm³/mol. The summed E-state index contributed by atoms with van der Waals surface area (Å²) >= 11 is 7.34. The molecule has 164 valence electrons. The Morgan fingerprint density at radius 3 is 2.62 bits per heavy atom. The third kappa shape index (κ3) is 5.39. The second-order valence-electron chi connectivity index (χ2n) is 7.85. The van der Waals surface area contributed by atoms with Gasteiger partial charge in [0.05, 0.1) is 22.6 Å². The van der Waals surface area contributed by atoms with Crippen LogP contribution in [0.1, 0.15) is 37.5 Å². The van der Waals surface area contributed by atoms with E-state index in [1.165, 1.54) is 16.9 Å². The molecule has 0 saturated carbocycles. The summed E-state index contributed by atoms with van der Waals surface area (Å²) in [4.78, 5) is 13.4. The minimum atomic E-state index is -0.136. The third-order valence-electron chi connectivity index (χ3n) is 5.00. The number of ether oxygens (including phenoxy) is 1. The number of thiophene rings is 1. The predicted octanol–water partition coefficient (Wildman–Crippen LogP) is 6.40. The van der Waals surface area contributed by atoms with Crippen LogP contribution < -0.4 is 10.1 Å². The molecular formula is C25H24ClN3O2S. The normalized spacial score (nSPS) is 10.9. The van der Waals surface area contributed by atoms with Gasteiger partial charge in [0.2, 0.25) is 0 Å². The molecule has 32 heavy (non-hydrogen) atoms. The highest BCUT2D eigenvalue weighted by atomic mass is 35.5. The molecule has 5 nitrogen and oxygen atoms in total. The second-order valence-corrected chi connectivity index (χ2v) is 9.19. The first-order chi connectivity index (χ1) is 15.4. The van der Waals surface area contributed by atoms with Gasteiger partial charge in [-0.2, -0.15) is 5.10 Å². The second kappa shape index (κ2) is 9.59. The Hall–Kier alpha value is -3.09. The van der Waals surface area contributed by atoms with Crippen molar-refractivity contribution >= 4 is 34.5 Å². The van der Waals surface area contributed by atoms with Crippen molar-refractivity contribution in [1.29, 1.82) is 0 Å². The lowest BCUT2D eigenvalue weighted by atomic mass is 10.1. The number of nitrogens with zero attached hydrogens (tertiary/aromatic N) is 2. The van der Waals surface area contributed by atoms with Crippen LogP contribution in [0.2, 0.25) is 5.02 Å². The number of carbonyl (C=O) groups excluding carboxylic acids is 1. The van der Waals surface area contributed by atoms with Crippen molar-refractivity contribution in [1.82, 2.24) is 9.78 Å². The molecule has 4 rings (SSSR count). The van der Waals surface area contributed by atoms with E-state index in [4.69, 9.17) is 16.3 Å². The summed E-state index contributed by atoms with van der Waals surface area (Å²) in [6.07, 6.45) is 3.37. The van der Waals surface area contributed by atoms with Gasteiger partial charge in [0.1, 0.15) is 12.4 Å². The number of nitrogens with one attached hydrogen (secondary N) is 1. The number of aryl methyl sites for hydroxylation is 3. The fourth-order valence-corrected chi connectivity index (χ4v) is 4.62. The van der Waals surface area contributed by atoms with Crippen molar-refractivity contribution < 1.29 is 9.53 Å². The molecule has 4 aromatic rings. The highest BCUT2D eigenvalue weighted by Crippen LogP contribution is 2.26. The van der Waals surface area contributed by atoms with Crippen molar-refractivity contribution in [2.75, 3.05) is 5.32 Å². The van der Waals surface area contributed by atoms with E-state index in [2.05, 4.69) is 43.3 Å². The van der Waals surface area contributed by atoms with Gasteiger partial charge in [0.25, 0.3) is 5.91 Å². The first-order valence-corrected chi connectivity index (χ1v) is 11.5. The molecule has 0 aliphatic heterocycles. The Morgan fingerprint density at radius 2 is 1.91 bits per heavy atom. The molecule has 0 aliphatic carbocycles. The zero-order chi connectivity index (χ0) is 22.7. The van der Waals surface area contributed by atoms with Crippen LogP contribution in [-0.4, -0.2) is 15.7 Å². The Bertz CT molecular complexity index is 1240. The minimum absolute atomic E-state index is 0.136. The number of anilines is 1. The lowest BCUT2D eigenvalue weighted by Crippen LogP contribution is -2.10. The molecule has 2 aromatic heterocycles. The van der Waals surface area contributed by atoms with E-state index in [1.807, 2.05) is 35.7 Å². The number of rotatable bonds is 7. The largest absolute Gasteiger partial charge is 0.488 e. The number of hydrogen-bond donors (Lipinski definition) is 1. The van der Waals surface area contributed by atoms with E-state index in [-0.39, 0.29) is 5.91 Å². The summed E-state index contributed by atoms with van der Waals surface area (Å²) in [6, 6.07) is 13.8. The van der Waals surface area contributed by atoms with Gasteiger partial charge in [-0.15, -0.1) is 11.3 Å². The lowest BCUT2D eigenvalue weighted by molar-refractivity contribution is 0.103. The molecule has 0 bridgehead atoms. The molecule has 0 aliphatic rings. The molecule has 2 heterocycles. The van der Waals surface area contributed by atoms with Crippen LogP contribution in [-0.2, 0) is 13.2 Å². The summed E-state index contributed by atoms with van der Waals surface area (Å²) in [6.45, 7) is 7.19. The Kier molecular flexibility index (Phi) is 6.63. The number of benzene rings is 2. The van der Waals surface area contributed by atoms with Gasteiger partial charge in [-0.3, -0.25) is 9.48 Å². The molecule has 2 aromatic carbocycles. The van der Waals surface area contributed by atoms with Crippen LogP contribution in [0.25, 0.3) is 0 Å². The van der Waals surface area contributed by atoms with Crippen molar-refractivity contribution in [3.63, 3.8) is 0 Å². The SMILES string of the molecule is Cc1cc(C)c(OCc2csc(C(=O)Nc3cccc(Cn4cc(Cl)cn4)c3)c2)c(C)c1. The highest BCUT2D eigenvalue weighted by Gasteiger charge is 2.12. The smallest absolute Gasteiger partial charge is 0.265 e. The Morgan fingerprint density at radius 1 is 1.12 bits per heavy atom. The van der Waals surface area contributed by atoms with Gasteiger partial charge in [0, 0.05) is 17.4 Å². The van der Waals surface area contributed by atoms with Gasteiger partial charge < -0.3 is 10.1 Å². The van der Waals surface area contributed by atoms with Crippen molar-refractivity contribution in [3.8, 4) is 5.75 Å². The topological polar surface area (TPSA) is 56.1 Å². The van der Waals surface area contributed by atoms with Crippen molar-refractivity contribution in [3.05, 3.63) is 98.0 Å². The molecule has 0 unspecified atom stereocenters. The van der Waals surface area contributed by atoms with Crippen LogP contribution >= 0.6 is 22.9 Å². The van der Waals surface area contributed by atoms with Gasteiger partial charge in [-0.05, 0) is 61.0 Å². The van der Waals surface area contributed by atoms with Crippen LogP contribution in [0.4, 0.5) is 5.69 Å². The molecule has 7 heteroatoms. The third-order valence-corrected chi connectivity index (χ3v) is 6.17. The van der Waals surface area contributed by atoms with Crippen LogP contribution in [0, 0.1) is 20.8 Å². The summed E-state index contributed by atoms with van der Waals surface area (Å²) in [5.74, 6) is 0.770. The van der Waals surface area contributed by atoms with E-state index in [1.54, 1.807) is 17.1 Å². The Labute approximate surface area is 196 Å². The molecule has 0 radical (unpaired) electrons. The van der Waals surface area contributed by atoms with Crippen LogP contribution in [0.15, 0.2) is 60.2 Å². The quantitative estimate of drug-likeness (QED) is 0.343. The average Bonchev–Trinajstić information content (AvgIpc) is 3.36. The summed E-state index contributed by atoms with van der Waals surface area (Å²) in [7, 11) is 0. The maximum atomic E-state index is 12.7. The van der Waals surface area contributed by atoms with Gasteiger partial charge in [0.15, 0.2) is 0 Å². The zero-order valence-electron chi connectivity index (χ0n) is 18.2. The fourth-order valence-electron chi connectivity index (χ4n) is 3.67. The van der Waals surface area contributed by atoms with E-state index >= 15 is 0 Å². The standard InChI is InChI=1S/C25H24ClN3O2S/c1-16-7-17(2)24(18(3)8-16)31-14-20-10-23(32-15-20)25(30)28-22-6-4-5-19(9-22)12-29-13-21(26)11-27-29/h4-11,13,15H,12,14H2,1-3H3,(H,28,30). The van der Waals surface area contributed by atoms with E-state index in [0.717, 1.165) is 33.7 Å². The van der Waals surface area contributed by atoms with Crippen molar-refractivity contribution in [2.45, 2.75) is 33.9 Å². The summed E-state index contributed by atoms with van der Waals surface area (Å²) in [5, 5.41) is 9.73. The van der Waals surface area contributed by atoms with Gasteiger partial charge in [-0.25, -0.2) is 0 Å². The van der Waals surface area contributed by atoms with Crippen molar-refractivity contribution in [2.24, 2.45) is 0 Å². The number of halogens is 1. The molecular weight excluding hydrogens is 442 g/mol. The van der Waals surface area contributed by atoms with Crippen LogP contribution in [0.5, 0.6) is 5.75 Å². The molecule has 1 N–H and O–H groups in total. The van der Waals surface area contributed by atoms with E-state index < -0.39 is 0 Å². The monoisotopic (exact) mass is 465 g/mol. The molecule has 0 fully saturated rings. The number of aromatic nitrogens is 2. The maximum Gasteiger partial charge on any atom is 0.265 e. The maximum absolute atomic E-state index is 12.7. The van der Waals surface area contributed by atoms with E-state index in [9.17, 15) is 4.79 Å². The molecule has 0 spiro atoms. The summed E-state index contributed by atoms with van der Waals surface area (Å²) < 4.78 is 7.81. The average molecular weight is 466 g/mol. The highest BCUT2D eigenvalue weighted by molar-refractivity contribution is 7.12. The lowest BCUT2D eigenvalue weighted by Gasteiger charge is -2.12. The van der Waals surface area contributed by atoms with Gasteiger partial charge in [-0.1, -0.05) is 41.4 Å².